The highest BCUT2D eigenvalue weighted by Gasteiger charge is 2.26. The van der Waals surface area contributed by atoms with Gasteiger partial charge in [0.05, 0.1) is 25.6 Å². The Balaban J connectivity index is 2.52. The van der Waals surface area contributed by atoms with Crippen molar-refractivity contribution < 1.29 is 9.59 Å². The van der Waals surface area contributed by atoms with Gasteiger partial charge in [-0.2, -0.15) is 5.26 Å². The first kappa shape index (κ1) is 9.52. The van der Waals surface area contributed by atoms with Crippen LogP contribution in [0.1, 0.15) is 6.42 Å². The number of likely N-dealkylation sites (N-methyl/N-ethyl adjacent to an activating group) is 1. The van der Waals surface area contributed by atoms with E-state index in [9.17, 15) is 9.59 Å². The first-order chi connectivity index (χ1) is 6.15. The molecule has 5 heteroatoms. The average Bonchev–Trinajstić information content (AvgIpc) is 2.09. The Morgan fingerprint density at radius 2 is 2.08 bits per heavy atom. The quantitative estimate of drug-likeness (QED) is 0.560. The summed E-state index contributed by atoms with van der Waals surface area (Å²) in [6.07, 6.45) is 0.280. The van der Waals surface area contributed by atoms with Crippen molar-refractivity contribution in [3.05, 3.63) is 0 Å². The minimum atomic E-state index is -0.0858. The molecular weight excluding hydrogens is 170 g/mol. The molecule has 1 rings (SSSR count). The zero-order valence-corrected chi connectivity index (χ0v) is 7.49. The molecule has 0 aliphatic carbocycles. The standard InChI is InChI=1S/C8H11N3O2/c1-10-5-8(13)11(4-2-3-9)6-7(10)12/h2,4-6H2,1H3. The minimum absolute atomic E-state index is 0.0717. The van der Waals surface area contributed by atoms with E-state index in [1.165, 1.54) is 9.80 Å². The van der Waals surface area contributed by atoms with Crippen molar-refractivity contribution in [3.63, 3.8) is 0 Å². The second-order valence-electron chi connectivity index (χ2n) is 2.97. The molecule has 0 N–H and O–H groups in total. The second kappa shape index (κ2) is 3.90. The van der Waals surface area contributed by atoms with Gasteiger partial charge in [-0.25, -0.2) is 0 Å². The van der Waals surface area contributed by atoms with E-state index < -0.39 is 0 Å². The van der Waals surface area contributed by atoms with Gasteiger partial charge in [0.1, 0.15) is 0 Å². The normalized spacial score (nSPS) is 17.5. The molecule has 2 amide bonds. The van der Waals surface area contributed by atoms with Crippen molar-refractivity contribution >= 4 is 11.8 Å². The van der Waals surface area contributed by atoms with Crippen LogP contribution >= 0.6 is 0 Å². The number of carbonyl (C=O) groups excluding carboxylic acids is 2. The first-order valence-corrected chi connectivity index (χ1v) is 4.04. The third kappa shape index (κ3) is 2.18. The molecule has 13 heavy (non-hydrogen) atoms. The highest BCUT2D eigenvalue weighted by Crippen LogP contribution is 2.02. The molecule has 1 aliphatic rings. The molecule has 0 aromatic heterocycles. The van der Waals surface area contributed by atoms with Gasteiger partial charge in [0.2, 0.25) is 11.8 Å². The molecule has 5 nitrogen and oxygen atoms in total. The minimum Gasteiger partial charge on any atom is -0.335 e. The fraction of sp³-hybridized carbons (Fsp3) is 0.625. The number of hydrogen-bond donors (Lipinski definition) is 0. The number of nitriles is 1. The Morgan fingerprint density at radius 1 is 1.38 bits per heavy atom. The Kier molecular flexibility index (Phi) is 2.85. The summed E-state index contributed by atoms with van der Waals surface area (Å²) < 4.78 is 0. The van der Waals surface area contributed by atoms with E-state index in [1.807, 2.05) is 6.07 Å². The monoisotopic (exact) mass is 181 g/mol. The molecule has 1 heterocycles. The summed E-state index contributed by atoms with van der Waals surface area (Å²) in [4.78, 5) is 25.3. The van der Waals surface area contributed by atoms with Crippen molar-refractivity contribution in [2.24, 2.45) is 0 Å². The van der Waals surface area contributed by atoms with Gasteiger partial charge in [-0.1, -0.05) is 0 Å². The third-order valence-corrected chi connectivity index (χ3v) is 1.97. The topological polar surface area (TPSA) is 64.4 Å². The number of amides is 2. The van der Waals surface area contributed by atoms with E-state index in [-0.39, 0.29) is 31.3 Å². The van der Waals surface area contributed by atoms with Crippen molar-refractivity contribution in [2.75, 3.05) is 26.7 Å². The molecule has 0 aromatic rings. The third-order valence-electron chi connectivity index (χ3n) is 1.97. The first-order valence-electron chi connectivity index (χ1n) is 4.04. The maximum absolute atomic E-state index is 11.3. The van der Waals surface area contributed by atoms with E-state index in [2.05, 4.69) is 0 Å². The van der Waals surface area contributed by atoms with E-state index in [0.717, 1.165) is 0 Å². The van der Waals surface area contributed by atoms with E-state index >= 15 is 0 Å². The van der Waals surface area contributed by atoms with Gasteiger partial charge in [0.15, 0.2) is 0 Å². The van der Waals surface area contributed by atoms with Crippen LogP contribution in [-0.2, 0) is 9.59 Å². The maximum atomic E-state index is 11.3. The van der Waals surface area contributed by atoms with Gasteiger partial charge in [0, 0.05) is 13.6 Å². The largest absolute Gasteiger partial charge is 0.335 e. The Morgan fingerprint density at radius 3 is 2.69 bits per heavy atom. The van der Waals surface area contributed by atoms with Crippen LogP contribution in [0.5, 0.6) is 0 Å². The highest BCUT2D eigenvalue weighted by atomic mass is 16.2. The zero-order valence-electron chi connectivity index (χ0n) is 7.49. The van der Waals surface area contributed by atoms with Crippen LogP contribution in [0.3, 0.4) is 0 Å². The molecular formula is C8H11N3O2. The molecule has 0 spiro atoms. The average molecular weight is 181 g/mol. The van der Waals surface area contributed by atoms with Gasteiger partial charge >= 0.3 is 0 Å². The number of carbonyl (C=O) groups is 2. The Hall–Kier alpha value is -1.57. The molecule has 0 aromatic carbocycles. The second-order valence-corrected chi connectivity index (χ2v) is 2.97. The van der Waals surface area contributed by atoms with E-state index in [0.29, 0.717) is 6.54 Å². The van der Waals surface area contributed by atoms with E-state index in [4.69, 9.17) is 5.26 Å². The summed E-state index contributed by atoms with van der Waals surface area (Å²) in [6, 6.07) is 1.94. The molecule has 0 saturated carbocycles. The summed E-state index contributed by atoms with van der Waals surface area (Å²) in [5, 5.41) is 8.32. The fourth-order valence-electron chi connectivity index (χ4n) is 1.15. The number of nitrogens with zero attached hydrogens (tertiary/aromatic N) is 3. The van der Waals surface area contributed by atoms with Crippen LogP contribution in [0.15, 0.2) is 0 Å². The summed E-state index contributed by atoms with van der Waals surface area (Å²) in [7, 11) is 1.60. The molecule has 0 bridgehead atoms. The van der Waals surface area contributed by atoms with Gasteiger partial charge in [0.25, 0.3) is 0 Å². The molecule has 0 radical (unpaired) electrons. The van der Waals surface area contributed by atoms with Crippen LogP contribution in [0.25, 0.3) is 0 Å². The lowest BCUT2D eigenvalue weighted by atomic mass is 10.3. The molecule has 0 atom stereocenters. The summed E-state index contributed by atoms with van der Waals surface area (Å²) in [5.41, 5.74) is 0. The van der Waals surface area contributed by atoms with Crippen LogP contribution in [0.2, 0.25) is 0 Å². The Labute approximate surface area is 76.5 Å². The summed E-state index contributed by atoms with van der Waals surface area (Å²) >= 11 is 0. The van der Waals surface area contributed by atoms with E-state index in [1.54, 1.807) is 7.05 Å². The van der Waals surface area contributed by atoms with Crippen LogP contribution in [0.4, 0.5) is 0 Å². The number of hydrogen-bond acceptors (Lipinski definition) is 3. The smallest absolute Gasteiger partial charge is 0.242 e. The molecule has 1 aliphatic heterocycles. The van der Waals surface area contributed by atoms with Crippen LogP contribution in [0, 0.1) is 11.3 Å². The fourth-order valence-corrected chi connectivity index (χ4v) is 1.15. The van der Waals surface area contributed by atoms with Crippen LogP contribution in [-0.4, -0.2) is 48.3 Å². The molecule has 70 valence electrons. The maximum Gasteiger partial charge on any atom is 0.242 e. The SMILES string of the molecule is CN1CC(=O)N(CCC#N)CC1=O. The molecule has 1 fully saturated rings. The summed E-state index contributed by atoms with van der Waals surface area (Å²) in [5.74, 6) is -0.158. The Bertz CT molecular complexity index is 269. The highest BCUT2D eigenvalue weighted by molar-refractivity contribution is 5.92. The van der Waals surface area contributed by atoms with Crippen molar-refractivity contribution in [1.82, 2.24) is 9.80 Å². The van der Waals surface area contributed by atoms with Gasteiger partial charge in [-0.05, 0) is 0 Å². The van der Waals surface area contributed by atoms with Crippen LogP contribution < -0.4 is 0 Å². The van der Waals surface area contributed by atoms with Crippen molar-refractivity contribution in [3.8, 4) is 6.07 Å². The van der Waals surface area contributed by atoms with Gasteiger partial charge < -0.3 is 9.80 Å². The van der Waals surface area contributed by atoms with Gasteiger partial charge in [-0.15, -0.1) is 0 Å². The lowest BCUT2D eigenvalue weighted by molar-refractivity contribution is -0.148. The lowest BCUT2D eigenvalue weighted by Gasteiger charge is -2.30. The molecule has 1 saturated heterocycles. The predicted molar refractivity (Wildman–Crippen MR) is 44.4 cm³/mol. The lowest BCUT2D eigenvalue weighted by Crippen LogP contribution is -2.52. The zero-order chi connectivity index (χ0) is 9.84. The van der Waals surface area contributed by atoms with Crippen molar-refractivity contribution in [2.45, 2.75) is 6.42 Å². The molecule has 0 unspecified atom stereocenters. The predicted octanol–water partition coefficient (Wildman–Crippen LogP) is -0.799. The number of rotatable bonds is 2. The van der Waals surface area contributed by atoms with Gasteiger partial charge in [-0.3, -0.25) is 9.59 Å². The number of piperazine rings is 1. The van der Waals surface area contributed by atoms with Crippen molar-refractivity contribution in [1.29, 1.82) is 5.26 Å². The summed E-state index contributed by atoms with van der Waals surface area (Å²) in [6.45, 7) is 0.593.